The molecule has 0 aliphatic rings. The summed E-state index contributed by atoms with van der Waals surface area (Å²) in [7, 11) is 0. The van der Waals surface area contributed by atoms with Gasteiger partial charge in [0.05, 0.1) is 0 Å². The summed E-state index contributed by atoms with van der Waals surface area (Å²) >= 11 is 0. The predicted octanol–water partition coefficient (Wildman–Crippen LogP) is -0.0158. The maximum atomic E-state index is 7.16. The van der Waals surface area contributed by atoms with Gasteiger partial charge < -0.3 is 11.6 Å². The van der Waals surface area contributed by atoms with Crippen LogP contribution in [0.15, 0.2) is 0 Å². The van der Waals surface area contributed by atoms with Crippen molar-refractivity contribution in [3.63, 3.8) is 0 Å². The molecule has 0 fully saturated rings. The predicted molar refractivity (Wildman–Crippen MR) is 31.1 cm³/mol. The molecule has 8 N–H and O–H groups in total. The first kappa shape index (κ1) is 38.4. The first-order valence-corrected chi connectivity index (χ1v) is 1.49. The average molecular weight is 263 g/mol. The molecule has 0 aromatic heterocycles. The zero-order valence-electron chi connectivity index (χ0n) is 6.34. The van der Waals surface area contributed by atoms with Crippen molar-refractivity contribution in [2.75, 3.05) is 0 Å². The monoisotopic (exact) mass is 262 g/mol. The van der Waals surface area contributed by atoms with Crippen LogP contribution in [-0.4, -0.2) is 16.0 Å². The van der Waals surface area contributed by atoms with Crippen LogP contribution in [0.2, 0.25) is 0 Å². The summed E-state index contributed by atoms with van der Waals surface area (Å²) in [5.74, 6) is 0. The van der Waals surface area contributed by atoms with E-state index in [9.17, 15) is 0 Å². The Labute approximate surface area is 86.4 Å². The SMILES string of the molecule is N.N#N.O.OOOOOO.[N-]=[N+]=N.[Ni]. The van der Waals surface area contributed by atoms with Gasteiger partial charge in [-0.05, 0) is 30.6 Å². The molecule has 0 aliphatic carbocycles. The van der Waals surface area contributed by atoms with Gasteiger partial charge in [-0.3, -0.25) is 0 Å². The number of nitrogens with zero attached hydrogens (tertiary/aromatic N) is 4. The zero-order chi connectivity index (χ0) is 9.54. The molecule has 0 bridgehead atoms. The summed E-state index contributed by atoms with van der Waals surface area (Å²) < 4.78 is 0. The van der Waals surface area contributed by atoms with Crippen LogP contribution in [0.5, 0.6) is 0 Å². The molecule has 0 amide bonds. The molecule has 0 heterocycles. The van der Waals surface area contributed by atoms with Crippen LogP contribution in [-0.2, 0) is 36.6 Å². The molecular formula is H8N6NiO7. The van der Waals surface area contributed by atoms with Crippen LogP contribution in [0.3, 0.4) is 0 Å². The van der Waals surface area contributed by atoms with Crippen molar-refractivity contribution in [3.8, 4) is 0 Å². The molecule has 0 aromatic rings. The number of hydrogen-bond donors (Lipinski definition) is 4. The molecule has 0 rings (SSSR count). The fourth-order valence-electron chi connectivity index (χ4n) is 0.0248. The average Bonchev–Trinajstić information content (AvgIpc) is 2.06. The minimum atomic E-state index is 0. The molecule has 0 saturated heterocycles. The zero-order valence-corrected chi connectivity index (χ0v) is 7.33. The Balaban J connectivity index is -0.0000000178. The summed E-state index contributed by atoms with van der Waals surface area (Å²) in [6.07, 6.45) is 0. The molecule has 0 aliphatic heterocycles. The van der Waals surface area contributed by atoms with Gasteiger partial charge in [0.2, 0.25) is 0 Å². The third-order valence-corrected chi connectivity index (χ3v) is 0.0886. The number of nitrogens with one attached hydrogen (secondary N) is 1. The van der Waals surface area contributed by atoms with Gasteiger partial charge in [-0.2, -0.15) is 0 Å². The maximum absolute atomic E-state index is 7.16. The van der Waals surface area contributed by atoms with E-state index in [1.165, 1.54) is 0 Å². The Hall–Kier alpha value is -1.10. The van der Waals surface area contributed by atoms with Crippen molar-refractivity contribution in [1.82, 2.24) is 6.15 Å². The normalized spacial score (nSPS) is 4.57. The molecule has 0 unspecified atom stereocenters. The van der Waals surface area contributed by atoms with Crippen molar-refractivity contribution in [3.05, 3.63) is 10.4 Å². The Kier molecular flexibility index (Phi) is 254. The molecular weight excluding hydrogens is 255 g/mol. The van der Waals surface area contributed by atoms with Gasteiger partial charge in [0.25, 0.3) is 0 Å². The third kappa shape index (κ3) is 295. The molecule has 0 aromatic carbocycles. The second kappa shape index (κ2) is 92.9. The van der Waals surface area contributed by atoms with E-state index < -0.39 is 0 Å². The Bertz CT molecular complexity index is 95.6. The quantitative estimate of drug-likeness (QED) is 0.0777. The molecule has 90 valence electrons. The molecule has 0 atom stereocenters. The standard InChI is InChI=1S/HN3.N2.H3N.Ni.H2O6.H2O/c1-3-2;1-2;;;1-3-5-6-4-2;/h1H;;1H3;;1-2H;1H2. The van der Waals surface area contributed by atoms with E-state index in [0.717, 1.165) is 0 Å². The van der Waals surface area contributed by atoms with Gasteiger partial charge in [-0.25, -0.2) is 10.5 Å². The van der Waals surface area contributed by atoms with Crippen molar-refractivity contribution in [1.29, 1.82) is 16.3 Å². The van der Waals surface area contributed by atoms with E-state index in [2.05, 4.69) is 20.2 Å². The third-order valence-electron chi connectivity index (χ3n) is 0.0886. The maximum Gasteiger partial charge on any atom is 0 e. The van der Waals surface area contributed by atoms with E-state index in [1.807, 2.05) is 0 Å². The van der Waals surface area contributed by atoms with Crippen LogP contribution in [0.25, 0.3) is 10.4 Å². The molecule has 13 nitrogen and oxygen atoms in total. The molecule has 0 spiro atoms. The van der Waals surface area contributed by atoms with Crippen LogP contribution < -0.4 is 6.15 Å². The minimum absolute atomic E-state index is 0. The van der Waals surface area contributed by atoms with E-state index in [1.54, 1.807) is 4.91 Å². The van der Waals surface area contributed by atoms with E-state index in [-0.39, 0.29) is 28.1 Å². The molecule has 0 radical (unpaired) electrons. The Morgan fingerprint density at radius 3 is 1.36 bits per heavy atom. The summed E-state index contributed by atoms with van der Waals surface area (Å²) in [6, 6.07) is 0. The van der Waals surface area contributed by atoms with Gasteiger partial charge in [-0.15, -0.1) is 5.53 Å². The second-order valence-corrected chi connectivity index (χ2v) is 0.385. The van der Waals surface area contributed by atoms with E-state index in [4.69, 9.17) is 32.4 Å². The first-order valence-electron chi connectivity index (χ1n) is 1.49. The van der Waals surface area contributed by atoms with Crippen molar-refractivity contribution in [2.45, 2.75) is 0 Å². The van der Waals surface area contributed by atoms with E-state index >= 15 is 0 Å². The van der Waals surface area contributed by atoms with Gasteiger partial charge in [0.1, 0.15) is 0 Å². The van der Waals surface area contributed by atoms with Crippen molar-refractivity contribution < 1.29 is 52.6 Å². The number of hydrogen-bond acceptors (Lipinski definition) is 10. The van der Waals surface area contributed by atoms with Gasteiger partial charge in [0.15, 0.2) is 0 Å². The fourth-order valence-corrected chi connectivity index (χ4v) is 0.0248. The summed E-state index contributed by atoms with van der Waals surface area (Å²) in [5, 5.41) is 38.0. The van der Waals surface area contributed by atoms with Crippen LogP contribution in [0.4, 0.5) is 0 Å². The fraction of sp³-hybridized carbons (Fsp3) is 0. The number of rotatable bonds is 3. The van der Waals surface area contributed by atoms with Crippen molar-refractivity contribution in [2.24, 2.45) is 0 Å². The van der Waals surface area contributed by atoms with E-state index in [0.29, 0.717) is 0 Å². The molecule has 0 saturated carbocycles. The van der Waals surface area contributed by atoms with Gasteiger partial charge in [0, 0.05) is 27.3 Å². The van der Waals surface area contributed by atoms with Gasteiger partial charge >= 0.3 is 0 Å². The molecule has 14 heteroatoms. The van der Waals surface area contributed by atoms with Gasteiger partial charge in [-0.1, -0.05) is 0 Å². The largest absolute Gasteiger partial charge is 0.412 e. The molecule has 14 heavy (non-hydrogen) atoms. The van der Waals surface area contributed by atoms with Crippen LogP contribution >= 0.6 is 0 Å². The summed E-state index contributed by atoms with van der Waals surface area (Å²) in [4.78, 5) is 1.75. The topological polar surface area (TPSA) is 252 Å². The second-order valence-electron chi connectivity index (χ2n) is 0.385. The first-order chi connectivity index (χ1) is 5.33. The van der Waals surface area contributed by atoms with Crippen LogP contribution in [0.1, 0.15) is 0 Å². The smallest absolute Gasteiger partial charge is 0 e. The Morgan fingerprint density at radius 1 is 1.14 bits per heavy atom. The van der Waals surface area contributed by atoms with Crippen molar-refractivity contribution >= 4 is 0 Å². The summed E-state index contributed by atoms with van der Waals surface area (Å²) in [5.41, 5.74) is 12.2. The summed E-state index contributed by atoms with van der Waals surface area (Å²) in [6.45, 7) is 0. The van der Waals surface area contributed by atoms with Crippen LogP contribution in [0, 0.1) is 16.3 Å². The Morgan fingerprint density at radius 2 is 1.29 bits per heavy atom. The minimum Gasteiger partial charge on any atom is -0.412 e.